The van der Waals surface area contributed by atoms with Gasteiger partial charge in [-0.3, -0.25) is 13.9 Å². The topological polar surface area (TPSA) is 96.0 Å². The molecule has 0 aliphatic carbocycles. The van der Waals surface area contributed by atoms with Gasteiger partial charge in [0, 0.05) is 23.7 Å². The number of hydrogen-bond donors (Lipinski definition) is 1. The summed E-state index contributed by atoms with van der Waals surface area (Å²) in [4.78, 5) is 27.2. The summed E-state index contributed by atoms with van der Waals surface area (Å²) in [6.45, 7) is 2.93. The molecule has 0 spiro atoms. The molecule has 0 saturated carbocycles. The Balaban J connectivity index is 2.46. The van der Waals surface area contributed by atoms with Crippen molar-refractivity contribution in [3.63, 3.8) is 0 Å². The van der Waals surface area contributed by atoms with Crippen molar-refractivity contribution in [3.05, 3.63) is 58.9 Å². The number of sulfonamides is 1. The molecule has 2 aromatic carbocycles. The second kappa shape index (κ2) is 12.0. The number of amides is 2. The van der Waals surface area contributed by atoms with Crippen LogP contribution in [0.15, 0.2) is 42.5 Å². The number of nitrogens with zero attached hydrogens (tertiary/aromatic N) is 2. The van der Waals surface area contributed by atoms with Crippen molar-refractivity contribution in [2.75, 3.05) is 30.8 Å². The molecule has 186 valence electrons. The Morgan fingerprint density at radius 1 is 1.21 bits per heavy atom. The lowest BCUT2D eigenvalue weighted by Gasteiger charge is -2.32. The second-order valence-electron chi connectivity index (χ2n) is 7.67. The highest BCUT2D eigenvalue weighted by atomic mass is 35.5. The molecule has 8 nitrogen and oxygen atoms in total. The van der Waals surface area contributed by atoms with Crippen LogP contribution in [0.3, 0.4) is 0 Å². The first-order chi connectivity index (χ1) is 16.0. The Morgan fingerprint density at radius 3 is 2.47 bits per heavy atom. The summed E-state index contributed by atoms with van der Waals surface area (Å²) < 4.78 is 45.8. The number of ether oxygens (including phenoxy) is 1. The number of benzene rings is 2. The predicted octanol–water partition coefficient (Wildman–Crippen LogP) is 3.20. The van der Waals surface area contributed by atoms with Gasteiger partial charge in [-0.15, -0.1) is 0 Å². The highest BCUT2D eigenvalue weighted by molar-refractivity contribution is 7.92. The third-order valence-electron chi connectivity index (χ3n) is 5.10. The standard InChI is InChI=1S/C23H29ClFN3O5S/c1-5-12-26-23(30)16(2)27(14-17-8-6-7-9-19(17)25)22(29)15-28(34(4,31)32)20-13-18(24)10-11-21(20)33-3/h6-11,13,16H,5,12,14-15H2,1-4H3,(H,26,30)/t16-/m0/s1. The Bertz CT molecular complexity index is 1130. The summed E-state index contributed by atoms with van der Waals surface area (Å²) in [5.74, 6) is -1.48. The minimum Gasteiger partial charge on any atom is -0.495 e. The van der Waals surface area contributed by atoms with Gasteiger partial charge in [-0.2, -0.15) is 0 Å². The van der Waals surface area contributed by atoms with E-state index in [1.54, 1.807) is 6.07 Å². The minimum atomic E-state index is -3.96. The second-order valence-corrected chi connectivity index (χ2v) is 10.0. The van der Waals surface area contributed by atoms with Gasteiger partial charge >= 0.3 is 0 Å². The molecule has 1 atom stereocenters. The van der Waals surface area contributed by atoms with Crippen LogP contribution in [0.25, 0.3) is 0 Å². The number of hydrogen-bond acceptors (Lipinski definition) is 5. The fraction of sp³-hybridized carbons (Fsp3) is 0.391. The fourth-order valence-electron chi connectivity index (χ4n) is 3.24. The largest absolute Gasteiger partial charge is 0.495 e. The van der Waals surface area contributed by atoms with E-state index in [2.05, 4.69) is 5.32 Å². The number of halogens is 2. The van der Waals surface area contributed by atoms with Crippen molar-refractivity contribution < 1.29 is 27.1 Å². The van der Waals surface area contributed by atoms with Crippen molar-refractivity contribution in [3.8, 4) is 5.75 Å². The normalized spacial score (nSPS) is 12.1. The van der Waals surface area contributed by atoms with Crippen LogP contribution in [0.5, 0.6) is 5.75 Å². The molecule has 2 rings (SSSR count). The van der Waals surface area contributed by atoms with E-state index in [1.807, 2.05) is 6.92 Å². The fourth-order valence-corrected chi connectivity index (χ4v) is 4.25. The molecule has 11 heteroatoms. The van der Waals surface area contributed by atoms with Crippen LogP contribution in [0.1, 0.15) is 25.8 Å². The molecule has 0 unspecified atom stereocenters. The Hall–Kier alpha value is -2.85. The first-order valence-electron chi connectivity index (χ1n) is 10.6. The lowest BCUT2D eigenvalue weighted by Crippen LogP contribution is -2.51. The van der Waals surface area contributed by atoms with Crippen molar-refractivity contribution in [1.29, 1.82) is 0 Å². The average molecular weight is 514 g/mol. The van der Waals surface area contributed by atoms with Crippen molar-refractivity contribution in [2.45, 2.75) is 32.9 Å². The quantitative estimate of drug-likeness (QED) is 0.498. The van der Waals surface area contributed by atoms with Crippen molar-refractivity contribution >= 4 is 39.1 Å². The monoisotopic (exact) mass is 513 g/mol. The van der Waals surface area contributed by atoms with E-state index in [1.165, 1.54) is 50.4 Å². The summed E-state index contributed by atoms with van der Waals surface area (Å²) in [5.41, 5.74) is 0.261. The van der Waals surface area contributed by atoms with Crippen molar-refractivity contribution in [1.82, 2.24) is 10.2 Å². The molecular weight excluding hydrogens is 485 g/mol. The smallest absolute Gasteiger partial charge is 0.244 e. The van der Waals surface area contributed by atoms with Gasteiger partial charge in [-0.1, -0.05) is 36.7 Å². The number of rotatable bonds is 11. The third-order valence-corrected chi connectivity index (χ3v) is 6.47. The van der Waals surface area contributed by atoms with E-state index in [9.17, 15) is 22.4 Å². The molecular formula is C23H29ClFN3O5S. The summed E-state index contributed by atoms with van der Waals surface area (Å²) >= 11 is 6.07. The van der Waals surface area contributed by atoms with Crippen LogP contribution in [-0.2, 0) is 26.2 Å². The van der Waals surface area contributed by atoms with E-state index in [0.717, 1.165) is 15.5 Å². The Morgan fingerprint density at radius 2 is 1.88 bits per heavy atom. The summed E-state index contributed by atoms with van der Waals surface area (Å²) in [6.07, 6.45) is 1.63. The predicted molar refractivity (Wildman–Crippen MR) is 130 cm³/mol. The van der Waals surface area contributed by atoms with Gasteiger partial charge in [-0.25, -0.2) is 12.8 Å². The van der Waals surface area contributed by atoms with E-state index in [4.69, 9.17) is 16.3 Å². The number of anilines is 1. The maximum Gasteiger partial charge on any atom is 0.244 e. The SMILES string of the molecule is CCCNC(=O)[C@H](C)N(Cc1ccccc1F)C(=O)CN(c1cc(Cl)ccc1OC)S(C)(=O)=O. The van der Waals surface area contributed by atoms with Crippen LogP contribution in [0.2, 0.25) is 5.02 Å². The van der Waals surface area contributed by atoms with E-state index in [0.29, 0.717) is 13.0 Å². The summed E-state index contributed by atoms with van der Waals surface area (Å²) in [5, 5.41) is 2.96. The summed E-state index contributed by atoms with van der Waals surface area (Å²) in [7, 11) is -2.60. The van der Waals surface area contributed by atoms with Crippen molar-refractivity contribution in [2.24, 2.45) is 0 Å². The number of carbonyl (C=O) groups excluding carboxylic acids is 2. The highest BCUT2D eigenvalue weighted by Gasteiger charge is 2.31. The third kappa shape index (κ3) is 7.07. The van der Waals surface area contributed by atoms with Gasteiger partial charge in [0.2, 0.25) is 21.8 Å². The molecule has 0 aliphatic rings. The minimum absolute atomic E-state index is 0.0692. The number of methoxy groups -OCH3 is 1. The highest BCUT2D eigenvalue weighted by Crippen LogP contribution is 2.33. The molecule has 34 heavy (non-hydrogen) atoms. The van der Waals surface area contributed by atoms with Gasteiger partial charge in [0.15, 0.2) is 0 Å². The summed E-state index contributed by atoms with van der Waals surface area (Å²) in [6, 6.07) is 9.27. The molecule has 0 saturated heterocycles. The number of carbonyl (C=O) groups is 2. The molecule has 0 aliphatic heterocycles. The molecule has 0 radical (unpaired) electrons. The zero-order chi connectivity index (χ0) is 25.5. The van der Waals surface area contributed by atoms with Crippen LogP contribution in [0, 0.1) is 5.82 Å². The molecule has 0 heterocycles. The molecule has 2 amide bonds. The first-order valence-corrected chi connectivity index (χ1v) is 12.8. The zero-order valence-corrected chi connectivity index (χ0v) is 21.1. The molecule has 0 fully saturated rings. The van der Waals surface area contributed by atoms with Gasteiger partial charge in [0.1, 0.15) is 24.2 Å². The van der Waals surface area contributed by atoms with Crippen LogP contribution >= 0.6 is 11.6 Å². The van der Waals surface area contributed by atoms with E-state index in [-0.39, 0.29) is 28.6 Å². The Labute approximate surface area is 204 Å². The molecule has 1 N–H and O–H groups in total. The van der Waals surface area contributed by atoms with Crippen LogP contribution in [0.4, 0.5) is 10.1 Å². The van der Waals surface area contributed by atoms with Gasteiger partial charge in [0.25, 0.3) is 0 Å². The molecule has 0 bridgehead atoms. The van der Waals surface area contributed by atoms with E-state index >= 15 is 0 Å². The molecule has 2 aromatic rings. The lowest BCUT2D eigenvalue weighted by atomic mass is 10.1. The average Bonchev–Trinajstić information content (AvgIpc) is 2.79. The maximum atomic E-state index is 14.4. The lowest BCUT2D eigenvalue weighted by molar-refractivity contribution is -0.139. The van der Waals surface area contributed by atoms with Gasteiger partial charge < -0.3 is 15.0 Å². The number of nitrogens with one attached hydrogen (secondary N) is 1. The first kappa shape index (κ1) is 27.4. The van der Waals surface area contributed by atoms with Gasteiger partial charge in [-0.05, 0) is 37.6 Å². The Kier molecular flexibility index (Phi) is 9.69. The molecule has 0 aromatic heterocycles. The zero-order valence-electron chi connectivity index (χ0n) is 19.5. The van der Waals surface area contributed by atoms with Gasteiger partial charge in [0.05, 0.1) is 19.1 Å². The maximum absolute atomic E-state index is 14.4. The van der Waals surface area contributed by atoms with Crippen LogP contribution < -0.4 is 14.4 Å². The van der Waals surface area contributed by atoms with E-state index < -0.39 is 40.2 Å². The van der Waals surface area contributed by atoms with Crippen LogP contribution in [-0.4, -0.2) is 57.6 Å².